The van der Waals surface area contributed by atoms with Crippen LogP contribution >= 0.6 is 23.5 Å². The minimum Gasteiger partial charge on any atom is -0.503 e. The van der Waals surface area contributed by atoms with Crippen molar-refractivity contribution in [3.05, 3.63) is 46.4 Å². The van der Waals surface area contributed by atoms with Crippen LogP contribution in [0.4, 0.5) is 4.39 Å². The molecule has 0 aliphatic heterocycles. The molecule has 1 aromatic rings. The van der Waals surface area contributed by atoms with E-state index in [1.54, 1.807) is 6.26 Å². The van der Waals surface area contributed by atoms with E-state index < -0.39 is 23.4 Å². The van der Waals surface area contributed by atoms with Crippen LogP contribution in [0.2, 0.25) is 5.02 Å². The van der Waals surface area contributed by atoms with E-state index in [0.29, 0.717) is 11.6 Å². The second-order valence-corrected chi connectivity index (χ2v) is 4.98. The highest BCUT2D eigenvalue weighted by Crippen LogP contribution is 2.19. The van der Waals surface area contributed by atoms with Gasteiger partial charge in [-0.3, -0.25) is 19.1 Å². The molecular formula is C13H14ClFN2O4S. The normalized spacial score (nSPS) is 11.2. The lowest BCUT2D eigenvalue weighted by molar-refractivity contribution is -0.173. The fourth-order valence-electron chi connectivity index (χ4n) is 1.44. The van der Waals surface area contributed by atoms with Gasteiger partial charge in [0.15, 0.2) is 5.76 Å². The topological polar surface area (TPSA) is 78.9 Å². The molecule has 0 aromatic heterocycles. The van der Waals surface area contributed by atoms with E-state index >= 15 is 0 Å². The van der Waals surface area contributed by atoms with Crippen LogP contribution in [0.25, 0.3) is 0 Å². The summed E-state index contributed by atoms with van der Waals surface area (Å²) in [6.45, 7) is -0.0810. The first-order valence-corrected chi connectivity index (χ1v) is 7.52. The summed E-state index contributed by atoms with van der Waals surface area (Å²) in [6, 6.07) is 3.70. The summed E-state index contributed by atoms with van der Waals surface area (Å²) in [5.74, 6) is -2.84. The van der Waals surface area contributed by atoms with E-state index in [9.17, 15) is 19.1 Å². The highest BCUT2D eigenvalue weighted by Gasteiger charge is 2.17. The molecule has 0 unspecified atom stereocenters. The summed E-state index contributed by atoms with van der Waals surface area (Å²) in [4.78, 5) is 28.1. The predicted molar refractivity (Wildman–Crippen MR) is 81.3 cm³/mol. The fraction of sp³-hybridized carbons (Fsp3) is 0.231. The molecule has 0 saturated heterocycles. The highest BCUT2D eigenvalue weighted by atomic mass is 35.5. The molecule has 9 heteroatoms. The molecule has 0 radical (unpaired) electrons. The maximum Gasteiger partial charge on any atom is 0.296 e. The zero-order chi connectivity index (χ0) is 16.7. The number of carbonyl (C=O) groups is 2. The Hall–Kier alpha value is -1.77. The number of hydrogen-bond donors (Lipinski definition) is 2. The number of nitrogens with one attached hydrogen (secondary N) is 1. The summed E-state index contributed by atoms with van der Waals surface area (Å²) >= 11 is 6.84. The molecule has 0 heterocycles. The van der Waals surface area contributed by atoms with Gasteiger partial charge in [0.05, 0.1) is 19.7 Å². The zero-order valence-corrected chi connectivity index (χ0v) is 13.4. The molecule has 1 aromatic carbocycles. The Labute approximate surface area is 136 Å². The molecule has 0 spiro atoms. The van der Waals surface area contributed by atoms with Gasteiger partial charge in [0.1, 0.15) is 5.82 Å². The number of carbonyl (C=O) groups excluding carboxylic acids is 2. The smallest absolute Gasteiger partial charge is 0.296 e. The lowest BCUT2D eigenvalue weighted by Crippen LogP contribution is -2.29. The lowest BCUT2D eigenvalue weighted by Gasteiger charge is -2.18. The number of benzene rings is 1. The minimum absolute atomic E-state index is 0.0810. The third kappa shape index (κ3) is 5.21. The third-order valence-corrected chi connectivity index (χ3v) is 3.22. The molecular weight excluding hydrogens is 335 g/mol. The quantitative estimate of drug-likeness (QED) is 0.356. The largest absolute Gasteiger partial charge is 0.503 e. The van der Waals surface area contributed by atoms with Gasteiger partial charge in [-0.2, -0.15) is 0 Å². The number of aliphatic hydroxyl groups excluding tert-OH is 1. The van der Waals surface area contributed by atoms with E-state index in [0.717, 1.165) is 23.1 Å². The Morgan fingerprint density at radius 2 is 2.23 bits per heavy atom. The van der Waals surface area contributed by atoms with Crippen molar-refractivity contribution in [1.82, 2.24) is 9.79 Å². The van der Waals surface area contributed by atoms with Crippen LogP contribution in [0.3, 0.4) is 0 Å². The average molecular weight is 349 g/mol. The summed E-state index contributed by atoms with van der Waals surface area (Å²) in [7, 11) is 1.24. The molecule has 0 fully saturated rings. The van der Waals surface area contributed by atoms with Crippen molar-refractivity contribution in [2.45, 2.75) is 6.54 Å². The maximum atomic E-state index is 13.0. The molecule has 1 rings (SSSR count). The third-order valence-electron chi connectivity index (χ3n) is 2.48. The predicted octanol–water partition coefficient (Wildman–Crippen LogP) is 2.21. The Kier molecular flexibility index (Phi) is 7.16. The second kappa shape index (κ2) is 8.62. The van der Waals surface area contributed by atoms with Crippen LogP contribution in [0, 0.1) is 5.82 Å². The van der Waals surface area contributed by atoms with E-state index in [1.807, 2.05) is 0 Å². The van der Waals surface area contributed by atoms with Crippen molar-refractivity contribution in [3.8, 4) is 0 Å². The van der Waals surface area contributed by atoms with E-state index in [-0.39, 0.29) is 11.6 Å². The first kappa shape index (κ1) is 18.3. The molecule has 0 aliphatic carbocycles. The molecule has 0 saturated carbocycles. The summed E-state index contributed by atoms with van der Waals surface area (Å²) in [6.07, 6.45) is 2.30. The average Bonchev–Trinajstić information content (AvgIpc) is 2.46. The summed E-state index contributed by atoms with van der Waals surface area (Å²) in [5.41, 5.74) is 0.444. The Morgan fingerprint density at radius 3 is 2.77 bits per heavy atom. The fourth-order valence-corrected chi connectivity index (χ4v) is 1.95. The lowest BCUT2D eigenvalue weighted by atomic mass is 10.2. The van der Waals surface area contributed by atoms with Crippen LogP contribution in [0.1, 0.15) is 5.56 Å². The summed E-state index contributed by atoms with van der Waals surface area (Å²) < 4.78 is 15.2. The molecule has 22 heavy (non-hydrogen) atoms. The van der Waals surface area contributed by atoms with Crippen molar-refractivity contribution in [2.75, 3.05) is 13.4 Å². The van der Waals surface area contributed by atoms with Crippen molar-refractivity contribution >= 4 is 35.4 Å². The molecule has 120 valence electrons. The number of nitrogens with zero attached hydrogens (tertiary/aromatic N) is 1. The maximum absolute atomic E-state index is 13.0. The van der Waals surface area contributed by atoms with Crippen molar-refractivity contribution in [3.63, 3.8) is 0 Å². The molecule has 2 N–H and O–H groups in total. The van der Waals surface area contributed by atoms with Crippen LogP contribution in [0.5, 0.6) is 0 Å². The van der Waals surface area contributed by atoms with Crippen molar-refractivity contribution in [2.24, 2.45) is 0 Å². The van der Waals surface area contributed by atoms with Crippen LogP contribution < -0.4 is 4.72 Å². The second-order valence-electron chi connectivity index (χ2n) is 3.96. The van der Waals surface area contributed by atoms with E-state index in [2.05, 4.69) is 4.72 Å². The number of amides is 2. The van der Waals surface area contributed by atoms with Gasteiger partial charge in [-0.25, -0.2) is 9.45 Å². The van der Waals surface area contributed by atoms with Gasteiger partial charge in [0, 0.05) is 11.3 Å². The number of aliphatic hydroxyl groups is 1. The van der Waals surface area contributed by atoms with Gasteiger partial charge in [-0.05, 0) is 17.7 Å². The van der Waals surface area contributed by atoms with E-state index in [4.69, 9.17) is 16.4 Å². The van der Waals surface area contributed by atoms with Gasteiger partial charge < -0.3 is 5.11 Å². The van der Waals surface area contributed by atoms with Crippen molar-refractivity contribution in [1.29, 1.82) is 0 Å². The molecule has 0 atom stereocenters. The molecule has 0 aliphatic rings. The summed E-state index contributed by atoms with van der Waals surface area (Å²) in [5, 5.41) is 10.5. The Balaban J connectivity index is 2.85. The number of rotatable bonds is 6. The van der Waals surface area contributed by atoms with Gasteiger partial charge in [0.2, 0.25) is 0 Å². The molecule has 2 amide bonds. The monoisotopic (exact) mass is 348 g/mol. The van der Waals surface area contributed by atoms with E-state index in [1.165, 1.54) is 19.2 Å². The Bertz CT molecular complexity index is 597. The standard InChI is InChI=1S/C13H14ClFN2O4S/c1-21-17(7-8-3-4-9(15)5-10(8)14)12(19)6-11(18)13(20)16-22-2/h3-6,18H,7H2,1-2H3,(H,16,20)/b11-6-. The number of hydroxylamine groups is 2. The first-order chi connectivity index (χ1) is 10.4. The number of halogens is 2. The SMILES string of the molecule is CON(Cc1ccc(F)cc1Cl)C(=O)/C=C(\O)C(=O)NSC. The zero-order valence-electron chi connectivity index (χ0n) is 11.8. The van der Waals surface area contributed by atoms with Crippen LogP contribution in [0.15, 0.2) is 30.0 Å². The van der Waals surface area contributed by atoms with Gasteiger partial charge >= 0.3 is 0 Å². The van der Waals surface area contributed by atoms with Gasteiger partial charge in [-0.1, -0.05) is 29.6 Å². The van der Waals surface area contributed by atoms with Crippen molar-refractivity contribution < 1.29 is 23.9 Å². The highest BCUT2D eigenvalue weighted by molar-refractivity contribution is 7.97. The first-order valence-electron chi connectivity index (χ1n) is 5.92. The van der Waals surface area contributed by atoms with Gasteiger partial charge in [-0.15, -0.1) is 0 Å². The minimum atomic E-state index is -0.809. The number of hydrogen-bond acceptors (Lipinski definition) is 5. The van der Waals surface area contributed by atoms with Crippen LogP contribution in [-0.4, -0.2) is 35.3 Å². The Morgan fingerprint density at radius 1 is 1.55 bits per heavy atom. The molecule has 6 nitrogen and oxygen atoms in total. The van der Waals surface area contributed by atoms with Crippen LogP contribution in [-0.2, 0) is 21.0 Å². The van der Waals surface area contributed by atoms with Gasteiger partial charge in [0.25, 0.3) is 11.8 Å². The molecule has 0 bridgehead atoms.